The smallest absolute Gasteiger partial charge is 0.0402 e. The Bertz CT molecular complexity index is 593. The van der Waals surface area contributed by atoms with Crippen molar-refractivity contribution >= 4 is 0 Å². The van der Waals surface area contributed by atoms with Crippen molar-refractivity contribution < 1.29 is 0 Å². The molecule has 3 fully saturated rings. The third-order valence-corrected chi connectivity index (χ3v) is 7.59. The largest absolute Gasteiger partial charge is 0.370 e. The summed E-state index contributed by atoms with van der Waals surface area (Å²) in [6.07, 6.45) is 20.9. The molecule has 0 spiro atoms. The lowest BCUT2D eigenvalue weighted by molar-refractivity contribution is 0.0606. The Morgan fingerprint density at radius 3 is 2.52 bits per heavy atom. The first-order valence-corrected chi connectivity index (χ1v) is 10.2. The van der Waals surface area contributed by atoms with E-state index in [0.29, 0.717) is 0 Å². The summed E-state index contributed by atoms with van der Waals surface area (Å²) in [6.45, 7) is 0. The SMILES string of the molecule is CN1C2=C(C=C3CCCCC(=C2)C3)C2CCC3CCCCC3C21. The monoisotopic (exact) mass is 309 g/mol. The van der Waals surface area contributed by atoms with E-state index in [1.165, 1.54) is 70.6 Å². The molecule has 124 valence electrons. The maximum absolute atomic E-state index is 2.73. The molecule has 1 heteroatoms. The standard InChI is InChI=1S/C22H31N/c1-23-21-14-16-7-3-2-6-15(12-16)13-20(21)19-11-10-17-8-4-5-9-18(17)22(19)23/h13-14,17-19,22H,2-12H2,1H3. The molecule has 0 radical (unpaired) electrons. The van der Waals surface area contributed by atoms with E-state index in [4.69, 9.17) is 0 Å². The lowest BCUT2D eigenvalue weighted by Gasteiger charge is -2.46. The molecule has 0 aromatic heterocycles. The quantitative estimate of drug-likeness (QED) is 0.563. The molecule has 0 aromatic carbocycles. The molecular formula is C22H31N. The van der Waals surface area contributed by atoms with Gasteiger partial charge in [0.2, 0.25) is 0 Å². The molecule has 4 atom stereocenters. The molecule has 0 aromatic rings. The van der Waals surface area contributed by atoms with Gasteiger partial charge >= 0.3 is 0 Å². The third kappa shape index (κ3) is 2.26. The minimum absolute atomic E-state index is 0.813. The van der Waals surface area contributed by atoms with Gasteiger partial charge in [0, 0.05) is 24.7 Å². The van der Waals surface area contributed by atoms with E-state index in [1.807, 2.05) is 0 Å². The van der Waals surface area contributed by atoms with E-state index in [0.717, 1.165) is 23.8 Å². The normalized spacial score (nSPS) is 39.6. The summed E-state index contributed by atoms with van der Waals surface area (Å²) in [5.41, 5.74) is 6.79. The van der Waals surface area contributed by atoms with E-state index >= 15 is 0 Å². The maximum Gasteiger partial charge on any atom is 0.0402 e. The summed E-state index contributed by atoms with van der Waals surface area (Å²) >= 11 is 0. The number of fused-ring (bicyclic) bond motifs is 6. The zero-order chi connectivity index (χ0) is 15.4. The van der Waals surface area contributed by atoms with Gasteiger partial charge in [0.1, 0.15) is 0 Å². The molecule has 5 rings (SSSR count). The highest BCUT2D eigenvalue weighted by molar-refractivity contribution is 5.47. The van der Waals surface area contributed by atoms with E-state index in [9.17, 15) is 0 Å². The van der Waals surface area contributed by atoms with Crippen LogP contribution in [0.15, 0.2) is 34.6 Å². The predicted molar refractivity (Wildman–Crippen MR) is 96.0 cm³/mol. The Balaban J connectivity index is 1.54. The highest BCUT2D eigenvalue weighted by atomic mass is 15.2. The molecule has 5 aliphatic rings. The molecule has 4 unspecified atom stereocenters. The number of likely N-dealkylation sites (N-methyl/N-ethyl adjacent to an activating group) is 1. The van der Waals surface area contributed by atoms with Crippen molar-refractivity contribution in [1.82, 2.24) is 4.90 Å². The maximum atomic E-state index is 2.73. The Kier molecular flexibility index (Phi) is 3.46. The van der Waals surface area contributed by atoms with Gasteiger partial charge in [-0.15, -0.1) is 0 Å². The summed E-state index contributed by atoms with van der Waals surface area (Å²) in [4.78, 5) is 2.73. The Morgan fingerprint density at radius 1 is 0.870 bits per heavy atom. The number of hydrogen-bond acceptors (Lipinski definition) is 1. The number of allylic oxidation sites excluding steroid dienone is 4. The van der Waals surface area contributed by atoms with Crippen molar-refractivity contribution in [1.29, 1.82) is 0 Å². The van der Waals surface area contributed by atoms with Crippen LogP contribution in [-0.4, -0.2) is 18.0 Å². The minimum Gasteiger partial charge on any atom is -0.370 e. The van der Waals surface area contributed by atoms with Crippen LogP contribution in [0, 0.1) is 17.8 Å². The van der Waals surface area contributed by atoms with Crippen LogP contribution in [0.1, 0.15) is 70.6 Å². The average molecular weight is 309 g/mol. The fourth-order valence-corrected chi connectivity index (χ4v) is 6.56. The van der Waals surface area contributed by atoms with Crippen LogP contribution in [0.3, 0.4) is 0 Å². The van der Waals surface area contributed by atoms with Gasteiger partial charge < -0.3 is 4.90 Å². The van der Waals surface area contributed by atoms with E-state index in [1.54, 1.807) is 22.4 Å². The molecule has 0 N–H and O–H groups in total. The van der Waals surface area contributed by atoms with Crippen molar-refractivity contribution in [2.45, 2.75) is 76.7 Å². The second-order valence-electron chi connectivity index (χ2n) is 8.82. The van der Waals surface area contributed by atoms with E-state index in [-0.39, 0.29) is 0 Å². The van der Waals surface area contributed by atoms with Gasteiger partial charge in [0.05, 0.1) is 0 Å². The fraction of sp³-hybridized carbons (Fsp3) is 0.727. The summed E-state index contributed by atoms with van der Waals surface area (Å²) in [7, 11) is 2.41. The molecule has 1 aliphatic heterocycles. The van der Waals surface area contributed by atoms with Gasteiger partial charge in [-0.1, -0.05) is 36.5 Å². The first-order valence-electron chi connectivity index (χ1n) is 10.2. The van der Waals surface area contributed by atoms with Crippen molar-refractivity contribution in [3.63, 3.8) is 0 Å². The summed E-state index contributed by atoms with van der Waals surface area (Å²) in [5, 5.41) is 0. The van der Waals surface area contributed by atoms with Crippen LogP contribution in [0.4, 0.5) is 0 Å². The molecule has 0 amide bonds. The molecule has 4 aliphatic carbocycles. The molecule has 1 heterocycles. The number of nitrogens with zero attached hydrogens (tertiary/aromatic N) is 1. The van der Waals surface area contributed by atoms with Crippen LogP contribution < -0.4 is 0 Å². The summed E-state index contributed by atoms with van der Waals surface area (Å²) < 4.78 is 0. The summed E-state index contributed by atoms with van der Waals surface area (Å²) in [5.74, 6) is 2.83. The van der Waals surface area contributed by atoms with E-state index < -0.39 is 0 Å². The third-order valence-electron chi connectivity index (χ3n) is 7.59. The van der Waals surface area contributed by atoms with Gasteiger partial charge in [-0.2, -0.15) is 0 Å². The number of hydrogen-bond donors (Lipinski definition) is 0. The fourth-order valence-electron chi connectivity index (χ4n) is 6.56. The Morgan fingerprint density at radius 2 is 1.65 bits per heavy atom. The van der Waals surface area contributed by atoms with Crippen molar-refractivity contribution in [2.24, 2.45) is 17.8 Å². The minimum atomic E-state index is 0.813. The van der Waals surface area contributed by atoms with Gasteiger partial charge in [-0.3, -0.25) is 0 Å². The average Bonchev–Trinajstić information content (AvgIpc) is 2.78. The van der Waals surface area contributed by atoms with Crippen LogP contribution in [0.25, 0.3) is 0 Å². The Hall–Kier alpha value is -0.980. The van der Waals surface area contributed by atoms with Crippen LogP contribution in [0.2, 0.25) is 0 Å². The van der Waals surface area contributed by atoms with Crippen LogP contribution in [-0.2, 0) is 0 Å². The first kappa shape index (κ1) is 14.4. The van der Waals surface area contributed by atoms with E-state index in [2.05, 4.69) is 24.1 Å². The zero-order valence-electron chi connectivity index (χ0n) is 14.7. The van der Waals surface area contributed by atoms with Gasteiger partial charge in [-0.05, 0) is 74.9 Å². The van der Waals surface area contributed by atoms with Gasteiger partial charge in [0.15, 0.2) is 0 Å². The number of rotatable bonds is 0. The predicted octanol–water partition coefficient (Wildman–Crippen LogP) is 5.60. The topological polar surface area (TPSA) is 3.24 Å². The molecule has 0 saturated heterocycles. The van der Waals surface area contributed by atoms with Gasteiger partial charge in [-0.25, -0.2) is 0 Å². The lowest BCUT2D eigenvalue weighted by atomic mass is 9.64. The Labute approximate surface area is 141 Å². The molecular weight excluding hydrogens is 278 g/mol. The van der Waals surface area contributed by atoms with Crippen LogP contribution in [0.5, 0.6) is 0 Å². The van der Waals surface area contributed by atoms with Gasteiger partial charge in [0.25, 0.3) is 0 Å². The van der Waals surface area contributed by atoms with Crippen LogP contribution >= 0.6 is 0 Å². The second-order valence-corrected chi connectivity index (χ2v) is 8.82. The highest BCUT2D eigenvalue weighted by Gasteiger charge is 2.48. The molecule has 3 saturated carbocycles. The van der Waals surface area contributed by atoms with Crippen molar-refractivity contribution in [3.8, 4) is 0 Å². The lowest BCUT2D eigenvalue weighted by Crippen LogP contribution is -2.46. The molecule has 23 heavy (non-hydrogen) atoms. The molecule has 1 nitrogen and oxygen atoms in total. The zero-order valence-corrected chi connectivity index (χ0v) is 14.7. The van der Waals surface area contributed by atoms with Crippen molar-refractivity contribution in [2.75, 3.05) is 7.05 Å². The summed E-state index contributed by atoms with van der Waals surface area (Å²) in [6, 6.07) is 0.813. The molecule has 2 bridgehead atoms. The first-order chi connectivity index (χ1) is 11.3. The second kappa shape index (κ2) is 5.53. The highest BCUT2D eigenvalue weighted by Crippen LogP contribution is 2.52. The van der Waals surface area contributed by atoms with Crippen molar-refractivity contribution in [3.05, 3.63) is 34.6 Å².